The predicted molar refractivity (Wildman–Crippen MR) is 64.2 cm³/mol. The van der Waals surface area contributed by atoms with Crippen molar-refractivity contribution < 1.29 is 9.53 Å². The van der Waals surface area contributed by atoms with E-state index in [0.717, 1.165) is 5.56 Å². The van der Waals surface area contributed by atoms with Crippen LogP contribution in [0.5, 0.6) is 0 Å². The van der Waals surface area contributed by atoms with Gasteiger partial charge in [-0.25, -0.2) is 0 Å². The summed E-state index contributed by atoms with van der Waals surface area (Å²) in [5, 5.41) is 2.92. The first kappa shape index (κ1) is 12.7. The van der Waals surface area contributed by atoms with Gasteiger partial charge in [0.25, 0.3) is 0 Å². The molecule has 0 fully saturated rings. The molecule has 0 heterocycles. The summed E-state index contributed by atoms with van der Waals surface area (Å²) in [6.45, 7) is 5.75. The summed E-state index contributed by atoms with van der Waals surface area (Å²) in [4.78, 5) is 11.6. The lowest BCUT2D eigenvalue weighted by Crippen LogP contribution is -2.35. The molecule has 16 heavy (non-hydrogen) atoms. The molecule has 0 aliphatic rings. The van der Waals surface area contributed by atoms with Crippen LogP contribution < -0.4 is 5.32 Å². The minimum Gasteiger partial charge on any atom is -0.372 e. The maximum Gasteiger partial charge on any atom is 0.249 e. The van der Waals surface area contributed by atoms with Crippen molar-refractivity contribution in [2.24, 2.45) is 0 Å². The lowest BCUT2D eigenvalue weighted by atomic mass is 10.0. The Kier molecular flexibility index (Phi) is 4.50. The molecule has 1 aromatic rings. The first-order valence-corrected chi connectivity index (χ1v) is 5.45. The van der Waals surface area contributed by atoms with Crippen LogP contribution in [0.4, 0.5) is 0 Å². The van der Waals surface area contributed by atoms with E-state index in [1.54, 1.807) is 6.92 Å². The highest BCUT2D eigenvalue weighted by Crippen LogP contribution is 2.16. The Morgan fingerprint density at radius 2 is 1.94 bits per heavy atom. The van der Waals surface area contributed by atoms with E-state index in [0.29, 0.717) is 0 Å². The molecule has 3 heteroatoms. The van der Waals surface area contributed by atoms with Crippen molar-refractivity contribution in [3.05, 3.63) is 35.4 Å². The molecule has 2 atom stereocenters. The maximum absolute atomic E-state index is 11.6. The van der Waals surface area contributed by atoms with Gasteiger partial charge in [-0.15, -0.1) is 0 Å². The number of rotatable bonds is 4. The minimum absolute atomic E-state index is 0.00583. The smallest absolute Gasteiger partial charge is 0.249 e. The molecular formula is C13H19NO2. The fraction of sp³-hybridized carbons (Fsp3) is 0.462. The van der Waals surface area contributed by atoms with Crippen molar-refractivity contribution >= 4 is 5.91 Å². The SMILES string of the molecule is COC(C)C(=O)NC(C)c1ccccc1C. The van der Waals surface area contributed by atoms with E-state index >= 15 is 0 Å². The summed E-state index contributed by atoms with van der Waals surface area (Å²) in [6.07, 6.45) is -0.411. The van der Waals surface area contributed by atoms with Crippen LogP contribution in [-0.4, -0.2) is 19.1 Å². The van der Waals surface area contributed by atoms with Crippen LogP contribution in [0.2, 0.25) is 0 Å². The number of benzene rings is 1. The monoisotopic (exact) mass is 221 g/mol. The topological polar surface area (TPSA) is 38.3 Å². The third-order valence-electron chi connectivity index (χ3n) is 2.74. The Morgan fingerprint density at radius 1 is 1.31 bits per heavy atom. The highest BCUT2D eigenvalue weighted by molar-refractivity contribution is 5.80. The highest BCUT2D eigenvalue weighted by atomic mass is 16.5. The molecule has 1 aromatic carbocycles. The molecule has 0 aliphatic carbocycles. The van der Waals surface area contributed by atoms with Crippen LogP contribution in [0.15, 0.2) is 24.3 Å². The maximum atomic E-state index is 11.6. The number of carbonyl (C=O) groups excluding carboxylic acids is 1. The summed E-state index contributed by atoms with van der Waals surface area (Å²) < 4.78 is 4.97. The minimum atomic E-state index is -0.411. The molecule has 1 N–H and O–H groups in total. The molecule has 1 amide bonds. The lowest BCUT2D eigenvalue weighted by Gasteiger charge is -2.18. The van der Waals surface area contributed by atoms with E-state index in [1.165, 1.54) is 12.7 Å². The third-order valence-corrected chi connectivity index (χ3v) is 2.74. The Balaban J connectivity index is 2.69. The molecule has 0 saturated carbocycles. The van der Waals surface area contributed by atoms with Gasteiger partial charge in [-0.05, 0) is 31.9 Å². The zero-order valence-electron chi connectivity index (χ0n) is 10.3. The lowest BCUT2D eigenvalue weighted by molar-refractivity contribution is -0.130. The van der Waals surface area contributed by atoms with Crippen molar-refractivity contribution in [1.82, 2.24) is 5.32 Å². The van der Waals surface area contributed by atoms with Crippen LogP contribution in [-0.2, 0) is 9.53 Å². The number of amides is 1. The molecule has 0 bridgehead atoms. The molecule has 0 aliphatic heterocycles. The van der Waals surface area contributed by atoms with Crippen LogP contribution in [0.25, 0.3) is 0 Å². The summed E-state index contributed by atoms with van der Waals surface area (Å²) >= 11 is 0. The largest absolute Gasteiger partial charge is 0.372 e. The first-order valence-electron chi connectivity index (χ1n) is 5.45. The van der Waals surface area contributed by atoms with E-state index in [-0.39, 0.29) is 11.9 Å². The van der Waals surface area contributed by atoms with Crippen LogP contribution >= 0.6 is 0 Å². The van der Waals surface area contributed by atoms with Crippen molar-refractivity contribution in [2.45, 2.75) is 32.9 Å². The number of hydrogen-bond donors (Lipinski definition) is 1. The number of ether oxygens (including phenoxy) is 1. The quantitative estimate of drug-likeness (QED) is 0.846. The standard InChI is InChI=1S/C13H19NO2/c1-9-7-5-6-8-12(9)10(2)14-13(15)11(3)16-4/h5-8,10-11H,1-4H3,(H,14,15). The van der Waals surface area contributed by atoms with Crippen molar-refractivity contribution in [1.29, 1.82) is 0 Å². The van der Waals surface area contributed by atoms with Crippen molar-refractivity contribution in [3.8, 4) is 0 Å². The van der Waals surface area contributed by atoms with Gasteiger partial charge in [-0.3, -0.25) is 4.79 Å². The normalized spacial score (nSPS) is 14.2. The van der Waals surface area contributed by atoms with Gasteiger partial charge in [0.2, 0.25) is 5.91 Å². The summed E-state index contributed by atoms with van der Waals surface area (Å²) in [7, 11) is 1.53. The van der Waals surface area contributed by atoms with Crippen molar-refractivity contribution in [2.75, 3.05) is 7.11 Å². The van der Waals surface area contributed by atoms with Crippen LogP contribution in [0.1, 0.15) is 31.0 Å². The summed E-state index contributed by atoms with van der Waals surface area (Å²) in [5.74, 6) is -0.0850. The fourth-order valence-electron chi connectivity index (χ4n) is 1.59. The van der Waals surface area contributed by atoms with Gasteiger partial charge in [0, 0.05) is 7.11 Å². The van der Waals surface area contributed by atoms with Gasteiger partial charge in [0.1, 0.15) is 6.10 Å². The molecule has 3 nitrogen and oxygen atoms in total. The molecule has 0 saturated heterocycles. The molecule has 2 unspecified atom stereocenters. The molecule has 88 valence electrons. The van der Waals surface area contributed by atoms with Crippen LogP contribution in [0, 0.1) is 6.92 Å². The number of methoxy groups -OCH3 is 1. The average molecular weight is 221 g/mol. The number of aryl methyl sites for hydroxylation is 1. The third kappa shape index (κ3) is 3.07. The first-order chi connectivity index (χ1) is 7.56. The van der Waals surface area contributed by atoms with E-state index in [1.807, 2.05) is 38.1 Å². The van der Waals surface area contributed by atoms with E-state index in [2.05, 4.69) is 5.32 Å². The van der Waals surface area contributed by atoms with Gasteiger partial charge < -0.3 is 10.1 Å². The zero-order chi connectivity index (χ0) is 12.1. The predicted octanol–water partition coefficient (Wildman–Crippen LogP) is 2.21. The summed E-state index contributed by atoms with van der Waals surface area (Å²) in [6, 6.07) is 8.04. The Labute approximate surface area is 96.8 Å². The van der Waals surface area contributed by atoms with Gasteiger partial charge in [-0.2, -0.15) is 0 Å². The Bertz CT molecular complexity index is 363. The second-order valence-electron chi connectivity index (χ2n) is 3.96. The van der Waals surface area contributed by atoms with E-state index < -0.39 is 6.10 Å². The van der Waals surface area contributed by atoms with Gasteiger partial charge in [-0.1, -0.05) is 24.3 Å². The number of nitrogens with one attached hydrogen (secondary N) is 1. The number of carbonyl (C=O) groups is 1. The van der Waals surface area contributed by atoms with Gasteiger partial charge in [0.05, 0.1) is 6.04 Å². The fourth-order valence-corrected chi connectivity index (χ4v) is 1.59. The highest BCUT2D eigenvalue weighted by Gasteiger charge is 2.15. The van der Waals surface area contributed by atoms with Crippen molar-refractivity contribution in [3.63, 3.8) is 0 Å². The second kappa shape index (κ2) is 5.66. The Hall–Kier alpha value is -1.35. The average Bonchev–Trinajstić information content (AvgIpc) is 2.28. The zero-order valence-corrected chi connectivity index (χ0v) is 10.3. The summed E-state index contributed by atoms with van der Waals surface area (Å²) in [5.41, 5.74) is 2.32. The molecule has 0 aromatic heterocycles. The second-order valence-corrected chi connectivity index (χ2v) is 3.96. The molecule has 1 rings (SSSR count). The van der Waals surface area contributed by atoms with E-state index in [4.69, 9.17) is 4.74 Å². The Morgan fingerprint density at radius 3 is 2.50 bits per heavy atom. The molecular weight excluding hydrogens is 202 g/mol. The molecule has 0 radical (unpaired) electrons. The van der Waals surface area contributed by atoms with E-state index in [9.17, 15) is 4.79 Å². The molecule has 0 spiro atoms. The van der Waals surface area contributed by atoms with Crippen LogP contribution in [0.3, 0.4) is 0 Å². The van der Waals surface area contributed by atoms with Gasteiger partial charge in [0.15, 0.2) is 0 Å². The van der Waals surface area contributed by atoms with Gasteiger partial charge >= 0.3 is 0 Å². The number of hydrogen-bond acceptors (Lipinski definition) is 2.